The van der Waals surface area contributed by atoms with Crippen LogP contribution in [-0.4, -0.2) is 18.0 Å². The molecule has 15 heavy (non-hydrogen) atoms. The number of benzene rings is 1. The van der Waals surface area contributed by atoms with E-state index in [9.17, 15) is 4.79 Å². The summed E-state index contributed by atoms with van der Waals surface area (Å²) < 4.78 is 1.02. The average molecular weight is 267 g/mol. The molecule has 1 aromatic rings. The smallest absolute Gasteiger partial charge is 0.144 e. The van der Waals surface area contributed by atoms with Gasteiger partial charge < -0.3 is 4.79 Å². The van der Waals surface area contributed by atoms with E-state index < -0.39 is 0 Å². The molecule has 0 aromatic heterocycles. The first-order chi connectivity index (χ1) is 7.20. The van der Waals surface area contributed by atoms with Crippen molar-refractivity contribution in [3.8, 4) is 0 Å². The maximum absolute atomic E-state index is 10.9. The summed E-state index contributed by atoms with van der Waals surface area (Å²) in [6.45, 7) is 1.94. The van der Waals surface area contributed by atoms with Gasteiger partial charge in [0, 0.05) is 16.6 Å². The number of carbonyl (C=O) groups excluding carboxylic acids is 1. The fourth-order valence-corrected chi connectivity index (χ4v) is 1.90. The summed E-state index contributed by atoms with van der Waals surface area (Å²) in [5.74, 6) is 0. The summed E-state index contributed by atoms with van der Waals surface area (Å²) in [7, 11) is 0. The Morgan fingerprint density at radius 1 is 1.47 bits per heavy atom. The Morgan fingerprint density at radius 2 is 2.13 bits per heavy atom. The first kappa shape index (κ1) is 10.4. The zero-order chi connectivity index (χ0) is 10.8. The van der Waals surface area contributed by atoms with Gasteiger partial charge in [0.05, 0.1) is 5.69 Å². The number of carbonyl (C=O) groups is 1. The minimum atomic E-state index is -0.147. The Kier molecular flexibility index (Phi) is 2.86. The SMILES string of the molecule is CC1=NN(c2ccc(Br)cc2)C(C=O)C1. The van der Waals surface area contributed by atoms with Crippen molar-refractivity contribution >= 4 is 33.6 Å². The molecule has 0 saturated carbocycles. The van der Waals surface area contributed by atoms with Crippen LogP contribution in [0, 0.1) is 0 Å². The summed E-state index contributed by atoms with van der Waals surface area (Å²) in [6, 6.07) is 7.64. The number of hydrogen-bond acceptors (Lipinski definition) is 3. The van der Waals surface area contributed by atoms with E-state index in [0.717, 1.165) is 28.6 Å². The molecule has 0 spiro atoms. The van der Waals surface area contributed by atoms with Crippen LogP contribution in [0.25, 0.3) is 0 Å². The Bertz CT molecular complexity index is 400. The van der Waals surface area contributed by atoms with Crippen LogP contribution in [0.3, 0.4) is 0 Å². The van der Waals surface area contributed by atoms with Gasteiger partial charge in [-0.25, -0.2) is 0 Å². The third-order valence-electron chi connectivity index (χ3n) is 2.35. The number of hydrazone groups is 1. The molecule has 3 nitrogen and oxygen atoms in total. The predicted octanol–water partition coefficient (Wildman–Crippen LogP) is 2.60. The van der Waals surface area contributed by atoms with Crippen molar-refractivity contribution in [1.29, 1.82) is 0 Å². The molecule has 0 bridgehead atoms. The van der Waals surface area contributed by atoms with E-state index >= 15 is 0 Å². The van der Waals surface area contributed by atoms with Gasteiger partial charge in [-0.2, -0.15) is 5.10 Å². The van der Waals surface area contributed by atoms with Crippen LogP contribution in [0.15, 0.2) is 33.8 Å². The van der Waals surface area contributed by atoms with E-state index in [1.54, 1.807) is 5.01 Å². The first-order valence-electron chi connectivity index (χ1n) is 4.75. The van der Waals surface area contributed by atoms with Crippen LogP contribution in [0.2, 0.25) is 0 Å². The van der Waals surface area contributed by atoms with Gasteiger partial charge in [0.25, 0.3) is 0 Å². The van der Waals surface area contributed by atoms with E-state index in [1.165, 1.54) is 0 Å². The number of halogens is 1. The third-order valence-corrected chi connectivity index (χ3v) is 2.87. The molecular weight excluding hydrogens is 256 g/mol. The number of nitrogens with zero attached hydrogens (tertiary/aromatic N) is 2. The van der Waals surface area contributed by atoms with E-state index in [-0.39, 0.29) is 6.04 Å². The second-order valence-corrected chi connectivity index (χ2v) is 4.48. The second-order valence-electron chi connectivity index (χ2n) is 3.56. The van der Waals surface area contributed by atoms with Crippen LogP contribution in [0.1, 0.15) is 13.3 Å². The lowest BCUT2D eigenvalue weighted by Gasteiger charge is -2.18. The fraction of sp³-hybridized carbons (Fsp3) is 0.273. The maximum atomic E-state index is 10.9. The number of rotatable bonds is 2. The van der Waals surface area contributed by atoms with Crippen LogP contribution < -0.4 is 5.01 Å². The van der Waals surface area contributed by atoms with Gasteiger partial charge in [-0.3, -0.25) is 5.01 Å². The van der Waals surface area contributed by atoms with Gasteiger partial charge in [0.15, 0.2) is 0 Å². The molecule has 1 heterocycles. The predicted molar refractivity (Wildman–Crippen MR) is 64.2 cm³/mol. The molecule has 0 aliphatic carbocycles. The molecule has 0 fully saturated rings. The highest BCUT2D eigenvalue weighted by atomic mass is 79.9. The van der Waals surface area contributed by atoms with Crippen molar-refractivity contribution < 1.29 is 4.79 Å². The molecular formula is C11H11BrN2O. The summed E-state index contributed by atoms with van der Waals surface area (Å²) in [6.07, 6.45) is 1.67. The molecule has 1 atom stereocenters. The van der Waals surface area contributed by atoms with Gasteiger partial charge in [-0.1, -0.05) is 15.9 Å². The highest BCUT2D eigenvalue weighted by molar-refractivity contribution is 9.10. The summed E-state index contributed by atoms with van der Waals surface area (Å²) in [5.41, 5.74) is 1.95. The van der Waals surface area contributed by atoms with Crippen LogP contribution in [0.4, 0.5) is 5.69 Å². The van der Waals surface area contributed by atoms with Gasteiger partial charge >= 0.3 is 0 Å². The van der Waals surface area contributed by atoms with Gasteiger partial charge in [0.1, 0.15) is 12.3 Å². The highest BCUT2D eigenvalue weighted by Gasteiger charge is 2.24. The Morgan fingerprint density at radius 3 is 2.73 bits per heavy atom. The highest BCUT2D eigenvalue weighted by Crippen LogP contribution is 2.24. The molecule has 0 amide bonds. The number of aldehydes is 1. The van der Waals surface area contributed by atoms with E-state index in [4.69, 9.17) is 0 Å². The Hall–Kier alpha value is -1.16. The number of anilines is 1. The quantitative estimate of drug-likeness (QED) is 0.771. The summed E-state index contributed by atoms with van der Waals surface area (Å²) in [5, 5.41) is 6.12. The van der Waals surface area contributed by atoms with Gasteiger partial charge in [-0.15, -0.1) is 0 Å². The third kappa shape index (κ3) is 2.09. The van der Waals surface area contributed by atoms with Crippen molar-refractivity contribution in [3.63, 3.8) is 0 Å². The van der Waals surface area contributed by atoms with E-state index in [1.807, 2.05) is 31.2 Å². The van der Waals surface area contributed by atoms with Crippen LogP contribution in [-0.2, 0) is 4.79 Å². The topological polar surface area (TPSA) is 32.7 Å². The van der Waals surface area contributed by atoms with Crippen LogP contribution >= 0.6 is 15.9 Å². The monoisotopic (exact) mass is 266 g/mol. The molecule has 0 saturated heterocycles. The van der Waals surface area contributed by atoms with Crippen LogP contribution in [0.5, 0.6) is 0 Å². The molecule has 0 N–H and O–H groups in total. The maximum Gasteiger partial charge on any atom is 0.144 e. The van der Waals surface area contributed by atoms with Gasteiger partial charge in [0.2, 0.25) is 0 Å². The summed E-state index contributed by atoms with van der Waals surface area (Å²) in [4.78, 5) is 10.9. The minimum absolute atomic E-state index is 0.147. The first-order valence-corrected chi connectivity index (χ1v) is 5.54. The van der Waals surface area contributed by atoms with Crippen molar-refractivity contribution in [3.05, 3.63) is 28.7 Å². The minimum Gasteiger partial charge on any atom is -0.301 e. The van der Waals surface area contributed by atoms with E-state index in [2.05, 4.69) is 21.0 Å². The second kappa shape index (κ2) is 4.14. The molecule has 78 valence electrons. The van der Waals surface area contributed by atoms with Crippen molar-refractivity contribution in [2.75, 3.05) is 5.01 Å². The van der Waals surface area contributed by atoms with Crippen molar-refractivity contribution in [1.82, 2.24) is 0 Å². The standard InChI is InChI=1S/C11H11BrN2O/c1-8-6-11(7-15)14(13-8)10-4-2-9(12)3-5-10/h2-5,7,11H,6H2,1H3. The number of hydrogen-bond donors (Lipinski definition) is 0. The molecule has 1 aliphatic heterocycles. The van der Waals surface area contributed by atoms with Gasteiger partial charge in [-0.05, 0) is 31.2 Å². The zero-order valence-corrected chi connectivity index (χ0v) is 9.94. The Balaban J connectivity index is 2.29. The lowest BCUT2D eigenvalue weighted by molar-refractivity contribution is -0.108. The molecule has 1 aliphatic rings. The molecule has 1 aromatic carbocycles. The molecule has 0 radical (unpaired) electrons. The largest absolute Gasteiger partial charge is 0.301 e. The average Bonchev–Trinajstić information content (AvgIpc) is 2.61. The lowest BCUT2D eigenvalue weighted by atomic mass is 10.2. The fourth-order valence-electron chi connectivity index (χ4n) is 1.64. The van der Waals surface area contributed by atoms with Crippen molar-refractivity contribution in [2.45, 2.75) is 19.4 Å². The molecule has 2 rings (SSSR count). The van der Waals surface area contributed by atoms with E-state index in [0.29, 0.717) is 0 Å². The zero-order valence-electron chi connectivity index (χ0n) is 8.35. The summed E-state index contributed by atoms with van der Waals surface area (Å²) >= 11 is 3.37. The lowest BCUT2D eigenvalue weighted by Crippen LogP contribution is -2.27. The van der Waals surface area contributed by atoms with Crippen molar-refractivity contribution in [2.24, 2.45) is 5.10 Å². The normalized spacial score (nSPS) is 20.3. The molecule has 1 unspecified atom stereocenters. The molecule has 4 heteroatoms. The Labute approximate surface area is 96.9 Å².